The van der Waals surface area contributed by atoms with Crippen LogP contribution in [0.2, 0.25) is 0 Å². The van der Waals surface area contributed by atoms with Gasteiger partial charge in [-0.3, -0.25) is 24.4 Å². The van der Waals surface area contributed by atoms with Crippen LogP contribution in [-0.4, -0.2) is 69.7 Å². The highest BCUT2D eigenvalue weighted by Crippen LogP contribution is 2.28. The van der Waals surface area contributed by atoms with E-state index in [9.17, 15) is 14.0 Å². The second-order valence-corrected chi connectivity index (χ2v) is 9.70. The quantitative estimate of drug-likeness (QED) is 0.607. The number of nitrogens with zero attached hydrogens (tertiary/aromatic N) is 4. The highest BCUT2D eigenvalue weighted by atomic mass is 19.1. The topological polar surface area (TPSA) is 82.5 Å². The van der Waals surface area contributed by atoms with Gasteiger partial charge in [0.1, 0.15) is 18.4 Å². The Balaban J connectivity index is 1.11. The van der Waals surface area contributed by atoms with Crippen molar-refractivity contribution >= 4 is 22.8 Å². The summed E-state index contributed by atoms with van der Waals surface area (Å²) in [5.74, 6) is -0.0588. The van der Waals surface area contributed by atoms with Crippen LogP contribution in [0, 0.1) is 11.7 Å². The fraction of sp³-hybridized carbons (Fsp3) is 0.423. The first-order valence-electron chi connectivity index (χ1n) is 12.4. The monoisotopic (exact) mass is 476 g/mol. The van der Waals surface area contributed by atoms with E-state index in [1.54, 1.807) is 18.5 Å². The maximum absolute atomic E-state index is 13.3. The molecule has 3 heterocycles. The summed E-state index contributed by atoms with van der Waals surface area (Å²) < 4.78 is 15.2. The van der Waals surface area contributed by atoms with E-state index in [0.29, 0.717) is 31.7 Å². The summed E-state index contributed by atoms with van der Waals surface area (Å²) in [5, 5.41) is 6.77. The summed E-state index contributed by atoms with van der Waals surface area (Å²) >= 11 is 0. The Bertz CT molecular complexity index is 1250. The van der Waals surface area contributed by atoms with E-state index in [1.165, 1.54) is 18.6 Å². The molecule has 2 amide bonds. The third-order valence-corrected chi connectivity index (χ3v) is 7.62. The number of rotatable bonds is 3. The van der Waals surface area contributed by atoms with Crippen LogP contribution in [0.4, 0.5) is 4.39 Å². The number of nitrogens with one attached hydrogen (secondary N) is 2. The van der Waals surface area contributed by atoms with Gasteiger partial charge in [0.15, 0.2) is 0 Å². The second kappa shape index (κ2) is 9.05. The molecule has 1 aromatic heterocycles. The molecule has 182 valence electrons. The Hall–Kier alpha value is -3.30. The molecular weight excluding hydrogens is 447 g/mol. The van der Waals surface area contributed by atoms with Crippen LogP contribution in [0.3, 0.4) is 0 Å². The molecule has 1 aliphatic carbocycles. The van der Waals surface area contributed by atoms with Gasteiger partial charge >= 0.3 is 0 Å². The van der Waals surface area contributed by atoms with Crippen molar-refractivity contribution in [1.82, 2.24) is 30.0 Å². The number of benzene rings is 2. The molecule has 0 radical (unpaired) electrons. The van der Waals surface area contributed by atoms with Gasteiger partial charge in [-0.1, -0.05) is 12.8 Å². The van der Waals surface area contributed by atoms with Crippen molar-refractivity contribution < 1.29 is 14.0 Å². The average Bonchev–Trinajstić information content (AvgIpc) is 3.32. The van der Waals surface area contributed by atoms with Crippen LogP contribution >= 0.6 is 0 Å². The van der Waals surface area contributed by atoms with Crippen molar-refractivity contribution in [1.29, 1.82) is 0 Å². The van der Waals surface area contributed by atoms with E-state index in [-0.39, 0.29) is 35.9 Å². The third kappa shape index (κ3) is 4.19. The molecule has 2 aromatic carbocycles. The molecule has 2 N–H and O–H groups in total. The Labute approximate surface area is 203 Å². The van der Waals surface area contributed by atoms with Gasteiger partial charge < -0.3 is 10.2 Å². The minimum atomic E-state index is -0.286. The number of imidazole rings is 1. The summed E-state index contributed by atoms with van der Waals surface area (Å²) in [5.41, 5.74) is 2.99. The molecule has 3 unspecified atom stereocenters. The zero-order valence-electron chi connectivity index (χ0n) is 19.5. The molecule has 2 aliphatic heterocycles. The van der Waals surface area contributed by atoms with Crippen molar-refractivity contribution in [3.8, 4) is 5.69 Å². The number of aromatic nitrogens is 2. The van der Waals surface area contributed by atoms with Crippen LogP contribution in [0.1, 0.15) is 36.0 Å². The summed E-state index contributed by atoms with van der Waals surface area (Å²) in [6.07, 6.45) is 5.83. The lowest BCUT2D eigenvalue weighted by molar-refractivity contribution is -0.134. The summed E-state index contributed by atoms with van der Waals surface area (Å²) in [6, 6.07) is 12.0. The van der Waals surface area contributed by atoms with Gasteiger partial charge in [-0.25, -0.2) is 9.37 Å². The molecule has 0 spiro atoms. The fourth-order valence-corrected chi connectivity index (χ4v) is 5.65. The number of carbonyl (C=O) groups excluding carboxylic acids is 2. The van der Waals surface area contributed by atoms with Crippen LogP contribution < -0.4 is 10.6 Å². The van der Waals surface area contributed by atoms with Crippen molar-refractivity contribution in [2.24, 2.45) is 5.92 Å². The first-order chi connectivity index (χ1) is 17.1. The minimum absolute atomic E-state index is 0.0177. The standard InChI is InChI=1S/C26H29FN6O2/c27-18-6-8-19(9-7-18)33-16-28-22-15-17(5-10-23(22)33)25(35)31-11-13-32(14-12-31)26-29-21-4-2-1-3-20(21)24(34)30-26/h5-10,15-16,20-21,26,29H,1-4,11-14H2,(H,30,34). The van der Waals surface area contributed by atoms with E-state index >= 15 is 0 Å². The predicted molar refractivity (Wildman–Crippen MR) is 129 cm³/mol. The fourth-order valence-electron chi connectivity index (χ4n) is 5.65. The number of fused-ring (bicyclic) bond motifs is 2. The molecule has 6 rings (SSSR count). The number of carbonyl (C=O) groups is 2. The van der Waals surface area contributed by atoms with Gasteiger partial charge in [0.05, 0.1) is 17.0 Å². The number of amides is 2. The smallest absolute Gasteiger partial charge is 0.254 e. The molecule has 35 heavy (non-hydrogen) atoms. The Morgan fingerprint density at radius 1 is 1.00 bits per heavy atom. The average molecular weight is 477 g/mol. The Morgan fingerprint density at radius 3 is 2.57 bits per heavy atom. The number of hydrogen-bond acceptors (Lipinski definition) is 5. The zero-order valence-corrected chi connectivity index (χ0v) is 19.5. The SMILES string of the molecule is O=C1NC(N2CCN(C(=O)c3ccc4c(c3)ncn4-c3ccc(F)cc3)CC2)NC2CCCCC12. The molecular formula is C26H29FN6O2. The predicted octanol–water partition coefficient (Wildman–Crippen LogP) is 2.48. The molecule has 3 fully saturated rings. The van der Waals surface area contributed by atoms with E-state index < -0.39 is 0 Å². The Morgan fingerprint density at radius 2 is 1.77 bits per heavy atom. The van der Waals surface area contributed by atoms with Gasteiger partial charge in [-0.05, 0) is 55.3 Å². The van der Waals surface area contributed by atoms with Gasteiger partial charge in [0, 0.05) is 43.5 Å². The van der Waals surface area contributed by atoms with E-state index in [1.807, 2.05) is 27.7 Å². The highest BCUT2D eigenvalue weighted by molar-refractivity contribution is 5.97. The third-order valence-electron chi connectivity index (χ3n) is 7.62. The van der Waals surface area contributed by atoms with Crippen LogP contribution in [0.25, 0.3) is 16.7 Å². The minimum Gasteiger partial charge on any atom is -0.336 e. The van der Waals surface area contributed by atoms with Gasteiger partial charge in [0.25, 0.3) is 5.91 Å². The van der Waals surface area contributed by atoms with Crippen molar-refractivity contribution in [3.63, 3.8) is 0 Å². The first-order valence-corrected chi connectivity index (χ1v) is 12.4. The molecule has 3 aliphatic rings. The lowest BCUT2D eigenvalue weighted by atomic mass is 9.82. The summed E-state index contributed by atoms with van der Waals surface area (Å²) in [7, 11) is 0. The lowest BCUT2D eigenvalue weighted by Gasteiger charge is -2.46. The molecule has 3 atom stereocenters. The van der Waals surface area contributed by atoms with Crippen molar-refractivity contribution in [2.45, 2.75) is 38.0 Å². The maximum Gasteiger partial charge on any atom is 0.254 e. The molecule has 3 aromatic rings. The van der Waals surface area contributed by atoms with Crippen LogP contribution in [0.15, 0.2) is 48.8 Å². The molecule has 9 heteroatoms. The van der Waals surface area contributed by atoms with Crippen molar-refractivity contribution in [2.75, 3.05) is 26.2 Å². The van der Waals surface area contributed by atoms with E-state index in [4.69, 9.17) is 0 Å². The molecule has 2 saturated heterocycles. The molecule has 0 bridgehead atoms. The van der Waals surface area contributed by atoms with E-state index in [0.717, 1.165) is 36.0 Å². The van der Waals surface area contributed by atoms with Gasteiger partial charge in [-0.2, -0.15) is 0 Å². The largest absolute Gasteiger partial charge is 0.336 e. The summed E-state index contributed by atoms with van der Waals surface area (Å²) in [6.45, 7) is 2.59. The van der Waals surface area contributed by atoms with E-state index in [2.05, 4.69) is 20.5 Å². The first kappa shape index (κ1) is 22.2. The van der Waals surface area contributed by atoms with Crippen LogP contribution in [0.5, 0.6) is 0 Å². The number of halogens is 1. The second-order valence-electron chi connectivity index (χ2n) is 9.70. The van der Waals surface area contributed by atoms with Gasteiger partial charge in [0.2, 0.25) is 5.91 Å². The van der Waals surface area contributed by atoms with Crippen LogP contribution in [-0.2, 0) is 4.79 Å². The molecule has 8 nitrogen and oxygen atoms in total. The van der Waals surface area contributed by atoms with Gasteiger partial charge in [-0.15, -0.1) is 0 Å². The Kier molecular flexibility index (Phi) is 5.74. The number of piperazine rings is 1. The van der Waals surface area contributed by atoms with Crippen molar-refractivity contribution in [3.05, 3.63) is 60.2 Å². The molecule has 1 saturated carbocycles. The zero-order chi connectivity index (χ0) is 23.9. The number of hydrogen-bond donors (Lipinski definition) is 2. The summed E-state index contributed by atoms with van der Waals surface area (Å²) in [4.78, 5) is 34.4. The normalized spacial score (nSPS) is 25.3. The highest BCUT2D eigenvalue weighted by Gasteiger charge is 2.40. The lowest BCUT2D eigenvalue weighted by Crippen LogP contribution is -2.69. The maximum atomic E-state index is 13.3.